The van der Waals surface area contributed by atoms with Crippen LogP contribution in [0.3, 0.4) is 0 Å². The first-order valence-corrected chi connectivity index (χ1v) is 6.02. The molecule has 1 unspecified atom stereocenters. The second-order valence-electron chi connectivity index (χ2n) is 3.13. The largest absolute Gasteiger partial charge is 0.452 e. The number of carbonyl (C=O) groups is 1. The smallest absolute Gasteiger partial charge is 0.421 e. The number of rotatable bonds is 3. The van der Waals surface area contributed by atoms with Gasteiger partial charge in [-0.3, -0.25) is 0 Å². The highest BCUT2D eigenvalue weighted by Crippen LogP contribution is 2.08. The Morgan fingerprint density at radius 2 is 2.38 bits per heavy atom. The van der Waals surface area contributed by atoms with Gasteiger partial charge in [-0.25, -0.2) is 9.52 Å². The third kappa shape index (κ3) is 3.30. The first kappa shape index (κ1) is 13.2. The molecule has 1 rings (SSSR count). The van der Waals surface area contributed by atoms with Crippen LogP contribution in [0.25, 0.3) is 0 Å². The predicted molar refractivity (Wildman–Crippen MR) is 52.9 cm³/mol. The van der Waals surface area contributed by atoms with E-state index in [-0.39, 0.29) is 26.3 Å². The summed E-state index contributed by atoms with van der Waals surface area (Å²) in [4.78, 5) is 10.8. The van der Waals surface area contributed by atoms with E-state index in [0.29, 0.717) is 0 Å². The Hall–Kier alpha value is -0.900. The van der Waals surface area contributed by atoms with Crippen molar-refractivity contribution >= 4 is 16.3 Å². The molecule has 0 radical (unpaired) electrons. The average Bonchev–Trinajstić information content (AvgIpc) is 2.28. The molecule has 1 aliphatic rings. The van der Waals surface area contributed by atoms with Gasteiger partial charge in [-0.1, -0.05) is 0 Å². The Morgan fingerprint density at radius 1 is 1.69 bits per heavy atom. The number of aliphatic hydroxyl groups is 1. The first-order chi connectivity index (χ1) is 7.49. The minimum absolute atomic E-state index is 0.00281. The van der Waals surface area contributed by atoms with Crippen molar-refractivity contribution in [2.75, 3.05) is 33.4 Å². The fourth-order valence-corrected chi connectivity index (χ4v) is 2.33. The quantitative estimate of drug-likeness (QED) is 0.620. The molecule has 1 atom stereocenters. The number of ether oxygens (including phenoxy) is 2. The van der Waals surface area contributed by atoms with Crippen molar-refractivity contribution in [1.82, 2.24) is 9.03 Å². The lowest BCUT2D eigenvalue weighted by Crippen LogP contribution is -2.51. The summed E-state index contributed by atoms with van der Waals surface area (Å²) < 4.78 is 35.2. The number of hydrogen-bond donors (Lipinski definition) is 2. The molecular weight excluding hydrogens is 240 g/mol. The monoisotopic (exact) mass is 254 g/mol. The zero-order chi connectivity index (χ0) is 12.2. The van der Waals surface area contributed by atoms with Crippen LogP contribution in [0, 0.1) is 0 Å². The molecule has 0 saturated carbocycles. The van der Waals surface area contributed by atoms with Crippen LogP contribution in [0.4, 0.5) is 4.79 Å². The molecule has 2 N–H and O–H groups in total. The number of carbonyl (C=O) groups excluding carboxylic acids is 1. The molecule has 0 spiro atoms. The van der Waals surface area contributed by atoms with E-state index in [0.717, 1.165) is 11.4 Å². The van der Waals surface area contributed by atoms with Gasteiger partial charge in [0, 0.05) is 13.1 Å². The molecular formula is C7H14N2O6S. The molecule has 1 heterocycles. The lowest BCUT2D eigenvalue weighted by molar-refractivity contribution is -0.0307. The lowest BCUT2D eigenvalue weighted by Gasteiger charge is -2.30. The van der Waals surface area contributed by atoms with E-state index in [4.69, 9.17) is 9.84 Å². The number of morpholine rings is 1. The summed E-state index contributed by atoms with van der Waals surface area (Å²) in [7, 11) is -2.85. The van der Waals surface area contributed by atoms with Crippen molar-refractivity contribution in [2.45, 2.75) is 6.10 Å². The molecule has 1 aliphatic heterocycles. The van der Waals surface area contributed by atoms with E-state index in [2.05, 4.69) is 4.74 Å². The van der Waals surface area contributed by atoms with Crippen LogP contribution in [-0.4, -0.2) is 63.4 Å². The maximum atomic E-state index is 11.6. The predicted octanol–water partition coefficient (Wildman–Crippen LogP) is -1.72. The van der Waals surface area contributed by atoms with Gasteiger partial charge in [0.15, 0.2) is 0 Å². The van der Waals surface area contributed by atoms with Gasteiger partial charge < -0.3 is 14.6 Å². The average molecular weight is 254 g/mol. The number of amides is 1. The zero-order valence-corrected chi connectivity index (χ0v) is 9.57. The molecule has 8 nitrogen and oxygen atoms in total. The Kier molecular flexibility index (Phi) is 4.47. The fourth-order valence-electron chi connectivity index (χ4n) is 1.23. The summed E-state index contributed by atoms with van der Waals surface area (Å²) in [6, 6.07) is 0. The number of hydrogen-bond acceptors (Lipinski definition) is 6. The third-order valence-electron chi connectivity index (χ3n) is 2.04. The maximum Gasteiger partial charge on any atom is 0.421 e. The summed E-state index contributed by atoms with van der Waals surface area (Å²) in [5, 5.41) is 8.84. The lowest BCUT2D eigenvalue weighted by atomic mass is 10.3. The number of nitrogens with one attached hydrogen (secondary N) is 1. The van der Waals surface area contributed by atoms with E-state index in [1.165, 1.54) is 0 Å². The van der Waals surface area contributed by atoms with Crippen LogP contribution in [0.15, 0.2) is 0 Å². The van der Waals surface area contributed by atoms with Crippen LogP contribution in [-0.2, 0) is 19.7 Å². The molecule has 0 aromatic rings. The molecule has 0 aromatic carbocycles. The minimum atomic E-state index is -3.92. The maximum absolute atomic E-state index is 11.6. The van der Waals surface area contributed by atoms with Gasteiger partial charge in [0.2, 0.25) is 0 Å². The first-order valence-electron chi connectivity index (χ1n) is 4.58. The molecule has 16 heavy (non-hydrogen) atoms. The van der Waals surface area contributed by atoms with Crippen LogP contribution in [0.2, 0.25) is 0 Å². The Labute approximate surface area is 93.3 Å². The summed E-state index contributed by atoms with van der Waals surface area (Å²) in [5.74, 6) is 0. The molecule has 0 bridgehead atoms. The van der Waals surface area contributed by atoms with E-state index in [1.54, 1.807) is 4.72 Å². The van der Waals surface area contributed by atoms with E-state index in [1.807, 2.05) is 0 Å². The van der Waals surface area contributed by atoms with Crippen LogP contribution in [0.1, 0.15) is 0 Å². The fraction of sp³-hybridized carbons (Fsp3) is 0.857. The number of aliphatic hydroxyl groups excluding tert-OH is 1. The van der Waals surface area contributed by atoms with Gasteiger partial charge in [0.25, 0.3) is 0 Å². The van der Waals surface area contributed by atoms with Crippen molar-refractivity contribution in [3.8, 4) is 0 Å². The molecule has 9 heteroatoms. The third-order valence-corrected chi connectivity index (χ3v) is 3.48. The van der Waals surface area contributed by atoms with E-state index >= 15 is 0 Å². The van der Waals surface area contributed by atoms with Crippen LogP contribution in [0.5, 0.6) is 0 Å². The second kappa shape index (κ2) is 5.43. The normalized spacial score (nSPS) is 22.8. The highest BCUT2D eigenvalue weighted by Gasteiger charge is 2.30. The SMILES string of the molecule is COC(=O)NS(=O)(=O)N1CCOC(CO)C1. The Bertz CT molecular complexity index is 343. The summed E-state index contributed by atoms with van der Waals surface area (Å²) in [5.41, 5.74) is 0. The van der Waals surface area contributed by atoms with E-state index in [9.17, 15) is 13.2 Å². The summed E-state index contributed by atoms with van der Waals surface area (Å²) in [6.07, 6.45) is -1.62. The van der Waals surface area contributed by atoms with Crippen molar-refractivity contribution in [1.29, 1.82) is 0 Å². The van der Waals surface area contributed by atoms with Crippen molar-refractivity contribution in [3.05, 3.63) is 0 Å². The van der Waals surface area contributed by atoms with Crippen LogP contribution >= 0.6 is 0 Å². The molecule has 0 aromatic heterocycles. The van der Waals surface area contributed by atoms with Gasteiger partial charge in [0.05, 0.1) is 26.4 Å². The second-order valence-corrected chi connectivity index (χ2v) is 4.80. The highest BCUT2D eigenvalue weighted by molar-refractivity contribution is 7.87. The summed E-state index contributed by atoms with van der Waals surface area (Å²) >= 11 is 0. The number of methoxy groups -OCH3 is 1. The number of nitrogens with zero attached hydrogens (tertiary/aromatic N) is 1. The zero-order valence-electron chi connectivity index (χ0n) is 8.75. The van der Waals surface area contributed by atoms with Gasteiger partial charge >= 0.3 is 16.3 Å². The van der Waals surface area contributed by atoms with Crippen LogP contribution < -0.4 is 4.72 Å². The minimum Gasteiger partial charge on any atom is -0.452 e. The van der Waals surface area contributed by atoms with Crippen molar-refractivity contribution in [3.63, 3.8) is 0 Å². The van der Waals surface area contributed by atoms with Crippen molar-refractivity contribution in [2.24, 2.45) is 0 Å². The molecule has 1 fully saturated rings. The Balaban J connectivity index is 2.64. The summed E-state index contributed by atoms with van der Waals surface area (Å²) in [6.45, 7) is 0.0310. The van der Waals surface area contributed by atoms with Gasteiger partial charge in [-0.15, -0.1) is 0 Å². The molecule has 0 aliphatic carbocycles. The van der Waals surface area contributed by atoms with E-state index < -0.39 is 22.4 Å². The molecule has 94 valence electrons. The van der Waals surface area contributed by atoms with Gasteiger partial charge in [-0.2, -0.15) is 12.7 Å². The van der Waals surface area contributed by atoms with Gasteiger partial charge in [-0.05, 0) is 0 Å². The van der Waals surface area contributed by atoms with Gasteiger partial charge in [0.1, 0.15) is 0 Å². The standard InChI is InChI=1S/C7H14N2O6S/c1-14-7(11)8-16(12,13)9-2-3-15-6(4-9)5-10/h6,10H,2-5H2,1H3,(H,8,11). The highest BCUT2D eigenvalue weighted by atomic mass is 32.2. The van der Waals surface area contributed by atoms with Crippen molar-refractivity contribution < 1.29 is 27.8 Å². The Morgan fingerprint density at radius 3 is 2.94 bits per heavy atom. The topological polar surface area (TPSA) is 105 Å². The molecule has 1 saturated heterocycles. The molecule has 1 amide bonds.